The van der Waals surface area contributed by atoms with Crippen molar-refractivity contribution in [2.24, 2.45) is 5.92 Å². The summed E-state index contributed by atoms with van der Waals surface area (Å²) in [4.78, 5) is 3.56. The van der Waals surface area contributed by atoms with E-state index in [2.05, 4.69) is 15.3 Å². The molecule has 0 bridgehead atoms. The maximum atomic E-state index is 13.3. The van der Waals surface area contributed by atoms with Crippen LogP contribution in [0.2, 0.25) is 5.02 Å². The molecule has 0 aliphatic heterocycles. The molecule has 1 saturated carbocycles. The van der Waals surface area contributed by atoms with E-state index in [9.17, 15) is 4.39 Å². The van der Waals surface area contributed by atoms with E-state index in [0.29, 0.717) is 22.0 Å². The van der Waals surface area contributed by atoms with Crippen molar-refractivity contribution >= 4 is 22.6 Å². The van der Waals surface area contributed by atoms with Crippen LogP contribution in [0, 0.1) is 11.9 Å². The molecule has 0 spiro atoms. The van der Waals surface area contributed by atoms with Crippen LogP contribution in [0.3, 0.4) is 0 Å². The second kappa shape index (κ2) is 4.77. The normalized spacial score (nSPS) is 14.8. The number of hydrogen-bond donors (Lipinski definition) is 0. The first-order valence-corrected chi connectivity index (χ1v) is 7.24. The lowest BCUT2D eigenvalue weighted by Gasteiger charge is -2.06. The van der Waals surface area contributed by atoms with Crippen LogP contribution in [-0.2, 0) is 6.54 Å². The van der Waals surface area contributed by atoms with Gasteiger partial charge in [-0.1, -0.05) is 22.9 Å². The minimum atomic E-state index is -0.527. The van der Waals surface area contributed by atoms with Crippen molar-refractivity contribution in [3.05, 3.63) is 41.4 Å². The van der Waals surface area contributed by atoms with E-state index in [4.69, 9.17) is 11.6 Å². The highest BCUT2D eigenvalue weighted by Gasteiger charge is 2.23. The summed E-state index contributed by atoms with van der Waals surface area (Å²) in [7, 11) is 0. The Labute approximate surface area is 125 Å². The predicted octanol–water partition coefficient (Wildman–Crippen LogP) is 3.70. The number of aromatic nitrogens is 4. The summed E-state index contributed by atoms with van der Waals surface area (Å²) >= 11 is 6.44. The first-order valence-electron chi connectivity index (χ1n) is 6.86. The van der Waals surface area contributed by atoms with Crippen molar-refractivity contribution in [2.75, 3.05) is 0 Å². The number of hydrogen-bond acceptors (Lipinski definition) is 3. The number of benzene rings is 1. The smallest absolute Gasteiger partial charge is 0.213 e. The van der Waals surface area contributed by atoms with Gasteiger partial charge in [-0.2, -0.15) is 4.39 Å². The largest absolute Gasteiger partial charge is 0.244 e. The lowest BCUT2D eigenvalue weighted by Crippen LogP contribution is -2.01. The summed E-state index contributed by atoms with van der Waals surface area (Å²) in [5, 5.41) is 8.86. The van der Waals surface area contributed by atoms with Gasteiger partial charge in [-0.05, 0) is 36.5 Å². The molecule has 21 heavy (non-hydrogen) atoms. The molecule has 3 aromatic rings. The van der Waals surface area contributed by atoms with Gasteiger partial charge in [-0.15, -0.1) is 5.10 Å². The zero-order chi connectivity index (χ0) is 14.4. The summed E-state index contributed by atoms with van der Waals surface area (Å²) in [6.07, 6.45) is 3.93. The molecule has 4 nitrogen and oxygen atoms in total. The second-order valence-corrected chi connectivity index (χ2v) is 5.75. The molecule has 1 aliphatic carbocycles. The van der Waals surface area contributed by atoms with E-state index < -0.39 is 5.95 Å². The van der Waals surface area contributed by atoms with Crippen molar-refractivity contribution in [2.45, 2.75) is 19.4 Å². The average molecular weight is 303 g/mol. The molecule has 1 aromatic carbocycles. The van der Waals surface area contributed by atoms with Gasteiger partial charge in [0, 0.05) is 24.4 Å². The molecule has 0 amide bonds. The van der Waals surface area contributed by atoms with Crippen molar-refractivity contribution in [3.8, 4) is 11.1 Å². The van der Waals surface area contributed by atoms with Crippen molar-refractivity contribution in [3.63, 3.8) is 0 Å². The van der Waals surface area contributed by atoms with Gasteiger partial charge in [0.05, 0.1) is 10.5 Å². The van der Waals surface area contributed by atoms with Crippen LogP contribution in [0.1, 0.15) is 12.8 Å². The first kappa shape index (κ1) is 12.7. The molecule has 1 fully saturated rings. The topological polar surface area (TPSA) is 43.6 Å². The third-order valence-electron chi connectivity index (χ3n) is 3.79. The average Bonchev–Trinajstić information content (AvgIpc) is 3.19. The standard InChI is InChI=1S/C15H12ClFN4/c16-14-11(10-5-6-18-13(17)7-10)3-4-12-15(14)19-20-21(12)8-9-1-2-9/h3-7,9H,1-2,8H2. The molecule has 6 heteroatoms. The molecular weight excluding hydrogens is 291 g/mol. The summed E-state index contributed by atoms with van der Waals surface area (Å²) in [6.45, 7) is 0.885. The van der Waals surface area contributed by atoms with Gasteiger partial charge in [0.25, 0.3) is 0 Å². The molecule has 0 radical (unpaired) electrons. The van der Waals surface area contributed by atoms with Crippen LogP contribution in [0.15, 0.2) is 30.5 Å². The third-order valence-corrected chi connectivity index (χ3v) is 4.17. The maximum Gasteiger partial charge on any atom is 0.213 e. The van der Waals surface area contributed by atoms with Crippen LogP contribution in [0.25, 0.3) is 22.2 Å². The molecule has 1 aliphatic rings. The van der Waals surface area contributed by atoms with Crippen molar-refractivity contribution in [1.82, 2.24) is 20.0 Å². The van der Waals surface area contributed by atoms with Gasteiger partial charge in [-0.3, -0.25) is 0 Å². The van der Waals surface area contributed by atoms with Crippen LogP contribution in [0.4, 0.5) is 4.39 Å². The quantitative estimate of drug-likeness (QED) is 0.693. The van der Waals surface area contributed by atoms with E-state index in [-0.39, 0.29) is 0 Å². The fraction of sp³-hybridized carbons (Fsp3) is 0.267. The third kappa shape index (κ3) is 2.27. The molecular formula is C15H12ClFN4. The summed E-state index contributed by atoms with van der Waals surface area (Å²) in [5.41, 5.74) is 3.01. The van der Waals surface area contributed by atoms with Gasteiger partial charge in [0.15, 0.2) is 0 Å². The SMILES string of the molecule is Fc1cc(-c2ccc3c(nnn3CC3CC3)c2Cl)ccn1. The Morgan fingerprint density at radius 3 is 2.90 bits per heavy atom. The molecule has 0 N–H and O–H groups in total. The van der Waals surface area contributed by atoms with E-state index in [0.717, 1.165) is 17.6 Å². The Kier molecular flexibility index (Phi) is 2.89. The van der Waals surface area contributed by atoms with Gasteiger partial charge < -0.3 is 0 Å². The van der Waals surface area contributed by atoms with E-state index in [1.54, 1.807) is 6.07 Å². The van der Waals surface area contributed by atoms with E-state index >= 15 is 0 Å². The first-order chi connectivity index (χ1) is 10.2. The van der Waals surface area contributed by atoms with Crippen LogP contribution >= 0.6 is 11.6 Å². The lowest BCUT2D eigenvalue weighted by atomic mass is 10.1. The Balaban J connectivity index is 1.82. The fourth-order valence-electron chi connectivity index (χ4n) is 2.48. The molecule has 106 valence electrons. The maximum absolute atomic E-state index is 13.3. The van der Waals surface area contributed by atoms with Crippen LogP contribution in [-0.4, -0.2) is 20.0 Å². The van der Waals surface area contributed by atoms with Crippen molar-refractivity contribution < 1.29 is 4.39 Å². The zero-order valence-electron chi connectivity index (χ0n) is 11.1. The minimum absolute atomic E-state index is 0.500. The highest BCUT2D eigenvalue weighted by atomic mass is 35.5. The molecule has 0 atom stereocenters. The van der Waals surface area contributed by atoms with E-state index in [1.165, 1.54) is 25.1 Å². The number of rotatable bonds is 3. The summed E-state index contributed by atoms with van der Waals surface area (Å²) in [5.74, 6) is 0.184. The second-order valence-electron chi connectivity index (χ2n) is 5.38. The monoisotopic (exact) mass is 302 g/mol. The summed E-state index contributed by atoms with van der Waals surface area (Å²) in [6, 6.07) is 6.91. The molecule has 0 unspecified atom stereocenters. The number of nitrogens with zero attached hydrogens (tertiary/aromatic N) is 4. The highest BCUT2D eigenvalue weighted by molar-refractivity contribution is 6.37. The zero-order valence-corrected chi connectivity index (χ0v) is 11.9. The predicted molar refractivity (Wildman–Crippen MR) is 78.5 cm³/mol. The summed E-state index contributed by atoms with van der Waals surface area (Å²) < 4.78 is 15.2. The van der Waals surface area contributed by atoms with Gasteiger partial charge in [0.2, 0.25) is 5.95 Å². The van der Waals surface area contributed by atoms with Crippen LogP contribution in [0.5, 0.6) is 0 Å². The Hall–Kier alpha value is -2.01. The molecule has 4 rings (SSSR count). The number of halogens is 2. The molecule has 2 heterocycles. The highest BCUT2D eigenvalue weighted by Crippen LogP contribution is 2.35. The van der Waals surface area contributed by atoms with Crippen LogP contribution < -0.4 is 0 Å². The molecule has 2 aromatic heterocycles. The Morgan fingerprint density at radius 1 is 1.29 bits per heavy atom. The Morgan fingerprint density at radius 2 is 2.14 bits per heavy atom. The minimum Gasteiger partial charge on any atom is -0.244 e. The van der Waals surface area contributed by atoms with Gasteiger partial charge in [0.1, 0.15) is 5.52 Å². The Bertz CT molecular complexity index is 826. The molecule has 0 saturated heterocycles. The fourth-order valence-corrected chi connectivity index (χ4v) is 2.78. The number of pyridine rings is 1. The van der Waals surface area contributed by atoms with Crippen molar-refractivity contribution in [1.29, 1.82) is 0 Å². The van der Waals surface area contributed by atoms with E-state index in [1.807, 2.05) is 16.8 Å². The van der Waals surface area contributed by atoms with Gasteiger partial charge >= 0.3 is 0 Å². The number of fused-ring (bicyclic) bond motifs is 1. The van der Waals surface area contributed by atoms with Gasteiger partial charge in [-0.25, -0.2) is 9.67 Å². The lowest BCUT2D eigenvalue weighted by molar-refractivity contribution is 0.559.